The van der Waals surface area contributed by atoms with Gasteiger partial charge in [-0.05, 0) is 28.1 Å². The van der Waals surface area contributed by atoms with E-state index in [2.05, 4.69) is 31.2 Å². The van der Waals surface area contributed by atoms with E-state index >= 15 is 0 Å². The molecule has 1 heterocycles. The predicted octanol–water partition coefficient (Wildman–Crippen LogP) is 2.63. The Hall–Kier alpha value is -1.82. The van der Waals surface area contributed by atoms with Crippen molar-refractivity contribution in [1.29, 1.82) is 0 Å². The van der Waals surface area contributed by atoms with Crippen molar-refractivity contribution in [3.63, 3.8) is 0 Å². The molecular weight excluding hydrogens is 294 g/mol. The van der Waals surface area contributed by atoms with Crippen molar-refractivity contribution < 1.29 is 0 Å². The number of rotatable bonds is 3. The second-order valence-electron chi connectivity index (χ2n) is 3.98. The molecule has 18 heavy (non-hydrogen) atoms. The second-order valence-corrected chi connectivity index (χ2v) is 4.79. The topological polar surface area (TPSA) is 67.1 Å². The maximum absolute atomic E-state index is 5.68. The molecule has 0 aliphatic carbocycles. The van der Waals surface area contributed by atoms with Gasteiger partial charge in [0.2, 0.25) is 5.95 Å². The first-order valence-corrected chi connectivity index (χ1v) is 6.19. The number of halogens is 1. The summed E-state index contributed by atoms with van der Waals surface area (Å²) in [6.07, 6.45) is 0. The summed E-state index contributed by atoms with van der Waals surface area (Å²) in [5.74, 6) is 0.887. The lowest BCUT2D eigenvalue weighted by Crippen LogP contribution is -2.11. The summed E-state index contributed by atoms with van der Waals surface area (Å²) in [4.78, 5) is 10.4. The van der Waals surface area contributed by atoms with Crippen LogP contribution in [0.4, 0.5) is 23.1 Å². The fraction of sp³-hybridized carbons (Fsp3) is 0.167. The molecule has 2 aromatic rings. The number of nitrogens with two attached hydrogens (primary N) is 1. The van der Waals surface area contributed by atoms with Crippen LogP contribution in [-0.4, -0.2) is 24.1 Å². The third-order valence-electron chi connectivity index (χ3n) is 2.35. The molecule has 3 N–H and O–H groups in total. The van der Waals surface area contributed by atoms with Gasteiger partial charge >= 0.3 is 0 Å². The third kappa shape index (κ3) is 2.89. The molecule has 0 aliphatic rings. The maximum Gasteiger partial charge on any atom is 0.230 e. The van der Waals surface area contributed by atoms with E-state index in [1.807, 2.05) is 43.3 Å². The van der Waals surface area contributed by atoms with Crippen LogP contribution in [0.1, 0.15) is 0 Å². The Labute approximate surface area is 114 Å². The van der Waals surface area contributed by atoms with Crippen LogP contribution in [0.15, 0.2) is 34.9 Å². The van der Waals surface area contributed by atoms with Crippen molar-refractivity contribution in [2.75, 3.05) is 30.0 Å². The van der Waals surface area contributed by atoms with Gasteiger partial charge < -0.3 is 16.0 Å². The number of anilines is 4. The minimum Gasteiger partial charge on any atom is -0.383 e. The van der Waals surface area contributed by atoms with Crippen LogP contribution in [0.2, 0.25) is 0 Å². The molecule has 0 fully saturated rings. The highest BCUT2D eigenvalue weighted by Crippen LogP contribution is 2.26. The van der Waals surface area contributed by atoms with E-state index in [0.29, 0.717) is 16.4 Å². The Morgan fingerprint density at radius 1 is 1.22 bits per heavy atom. The van der Waals surface area contributed by atoms with Gasteiger partial charge in [0.25, 0.3) is 0 Å². The number of para-hydroxylation sites is 2. The summed E-state index contributed by atoms with van der Waals surface area (Å²) in [5, 5.41) is 3.16. The highest BCUT2D eigenvalue weighted by atomic mass is 79.9. The van der Waals surface area contributed by atoms with Gasteiger partial charge in [-0.2, -0.15) is 4.98 Å². The summed E-state index contributed by atoms with van der Waals surface area (Å²) in [7, 11) is 3.97. The molecule has 94 valence electrons. The second kappa shape index (κ2) is 5.22. The number of hydrogen-bond acceptors (Lipinski definition) is 5. The van der Waals surface area contributed by atoms with Crippen LogP contribution < -0.4 is 16.0 Å². The van der Waals surface area contributed by atoms with E-state index < -0.39 is 0 Å². The van der Waals surface area contributed by atoms with Gasteiger partial charge in [-0.25, -0.2) is 4.98 Å². The van der Waals surface area contributed by atoms with Crippen LogP contribution in [-0.2, 0) is 0 Å². The predicted molar refractivity (Wildman–Crippen MR) is 78.2 cm³/mol. The minimum absolute atomic E-state index is 0.418. The quantitative estimate of drug-likeness (QED) is 0.853. The number of aromatic nitrogens is 2. The zero-order valence-corrected chi connectivity index (χ0v) is 11.8. The van der Waals surface area contributed by atoms with E-state index in [-0.39, 0.29) is 0 Å². The van der Waals surface area contributed by atoms with E-state index in [1.165, 1.54) is 0 Å². The van der Waals surface area contributed by atoms with Gasteiger partial charge in [-0.15, -0.1) is 0 Å². The van der Waals surface area contributed by atoms with E-state index in [9.17, 15) is 0 Å². The van der Waals surface area contributed by atoms with Crippen LogP contribution >= 0.6 is 15.9 Å². The van der Waals surface area contributed by atoms with Gasteiger partial charge in [-0.3, -0.25) is 0 Å². The van der Waals surface area contributed by atoms with Gasteiger partial charge in [0.15, 0.2) is 0 Å². The SMILES string of the molecule is CN(C)c1ccccc1Nc1nc(N)cc(Br)n1. The first-order valence-electron chi connectivity index (χ1n) is 5.39. The molecule has 0 atom stereocenters. The summed E-state index contributed by atoms with van der Waals surface area (Å²) >= 11 is 3.29. The van der Waals surface area contributed by atoms with Crippen molar-refractivity contribution in [2.24, 2.45) is 0 Å². The molecule has 0 aliphatic heterocycles. The Morgan fingerprint density at radius 3 is 2.61 bits per heavy atom. The molecule has 5 nitrogen and oxygen atoms in total. The summed E-state index contributed by atoms with van der Waals surface area (Å²) in [5.41, 5.74) is 7.67. The van der Waals surface area contributed by atoms with Gasteiger partial charge in [0.1, 0.15) is 10.4 Å². The number of benzene rings is 1. The van der Waals surface area contributed by atoms with Gasteiger partial charge in [-0.1, -0.05) is 12.1 Å². The van der Waals surface area contributed by atoms with Crippen LogP contribution in [0.3, 0.4) is 0 Å². The van der Waals surface area contributed by atoms with Gasteiger partial charge in [0.05, 0.1) is 11.4 Å². The van der Waals surface area contributed by atoms with Gasteiger partial charge in [0, 0.05) is 20.2 Å². The van der Waals surface area contributed by atoms with Crippen LogP contribution in [0, 0.1) is 0 Å². The maximum atomic E-state index is 5.68. The smallest absolute Gasteiger partial charge is 0.230 e. The normalized spacial score (nSPS) is 10.2. The largest absolute Gasteiger partial charge is 0.383 e. The standard InChI is InChI=1S/C12H14BrN5/c1-18(2)9-6-4-3-5-8(9)15-12-16-10(13)7-11(14)17-12/h3-7H,1-2H3,(H3,14,15,16,17). The van der Waals surface area contributed by atoms with E-state index in [1.54, 1.807) is 6.07 Å². The van der Waals surface area contributed by atoms with Crippen molar-refractivity contribution in [1.82, 2.24) is 9.97 Å². The zero-order valence-electron chi connectivity index (χ0n) is 10.2. The Bertz CT molecular complexity index is 536. The molecule has 1 aromatic heterocycles. The molecule has 0 spiro atoms. The summed E-state index contributed by atoms with van der Waals surface area (Å²) in [6, 6.07) is 9.58. The molecule has 0 saturated heterocycles. The molecule has 0 saturated carbocycles. The monoisotopic (exact) mass is 307 g/mol. The number of nitrogens with one attached hydrogen (secondary N) is 1. The number of nitrogens with zero attached hydrogens (tertiary/aromatic N) is 3. The molecule has 0 bridgehead atoms. The van der Waals surface area contributed by atoms with Crippen LogP contribution in [0.5, 0.6) is 0 Å². The Balaban J connectivity index is 2.34. The molecule has 1 aromatic carbocycles. The number of hydrogen-bond donors (Lipinski definition) is 2. The molecule has 0 radical (unpaired) electrons. The fourth-order valence-electron chi connectivity index (χ4n) is 1.58. The average Bonchev–Trinajstić information content (AvgIpc) is 2.27. The lowest BCUT2D eigenvalue weighted by Gasteiger charge is -2.17. The minimum atomic E-state index is 0.418. The van der Waals surface area contributed by atoms with E-state index in [0.717, 1.165) is 11.4 Å². The first-order chi connectivity index (χ1) is 8.56. The first kappa shape index (κ1) is 12.6. The van der Waals surface area contributed by atoms with Crippen molar-refractivity contribution >= 4 is 39.1 Å². The molecule has 2 rings (SSSR count). The highest BCUT2D eigenvalue weighted by molar-refractivity contribution is 9.10. The number of nitrogen functional groups attached to an aromatic ring is 1. The molecule has 0 amide bonds. The average molecular weight is 308 g/mol. The lowest BCUT2D eigenvalue weighted by molar-refractivity contribution is 1.12. The third-order valence-corrected chi connectivity index (χ3v) is 2.75. The van der Waals surface area contributed by atoms with Crippen molar-refractivity contribution in [3.8, 4) is 0 Å². The summed E-state index contributed by atoms with van der Waals surface area (Å²) < 4.78 is 0.653. The lowest BCUT2D eigenvalue weighted by atomic mass is 10.2. The van der Waals surface area contributed by atoms with Crippen LogP contribution in [0.25, 0.3) is 0 Å². The molecular formula is C12H14BrN5. The van der Waals surface area contributed by atoms with E-state index in [4.69, 9.17) is 5.73 Å². The molecule has 0 unspecified atom stereocenters. The fourth-order valence-corrected chi connectivity index (χ4v) is 1.98. The highest BCUT2D eigenvalue weighted by Gasteiger charge is 2.06. The Morgan fingerprint density at radius 2 is 1.94 bits per heavy atom. The van der Waals surface area contributed by atoms with Crippen molar-refractivity contribution in [3.05, 3.63) is 34.9 Å². The Kier molecular flexibility index (Phi) is 3.66. The van der Waals surface area contributed by atoms with Crippen molar-refractivity contribution in [2.45, 2.75) is 0 Å². The zero-order chi connectivity index (χ0) is 13.1. The summed E-state index contributed by atoms with van der Waals surface area (Å²) in [6.45, 7) is 0. The molecule has 6 heteroatoms.